The Kier molecular flexibility index (Phi) is 4.14. The largest absolute Gasteiger partial charge is 0.573 e. The zero-order valence-electron chi connectivity index (χ0n) is 8.05. The van der Waals surface area contributed by atoms with Gasteiger partial charge < -0.3 is 4.74 Å². The van der Waals surface area contributed by atoms with Gasteiger partial charge in [-0.15, -0.1) is 13.2 Å². The molecule has 10 heteroatoms. The molecule has 0 saturated heterocycles. The van der Waals surface area contributed by atoms with Gasteiger partial charge in [0.25, 0.3) is 9.05 Å². The van der Waals surface area contributed by atoms with Crippen molar-refractivity contribution in [3.63, 3.8) is 0 Å². The van der Waals surface area contributed by atoms with Gasteiger partial charge in [-0.1, -0.05) is 0 Å². The molecule has 4 nitrogen and oxygen atoms in total. The SMILES string of the molecule is Cc1c(OC(F)(F)F)cc(I)nc1S(=O)(=O)Cl. The molecule has 0 N–H and O–H groups in total. The zero-order chi connectivity index (χ0) is 13.4. The van der Waals surface area contributed by atoms with E-state index in [4.69, 9.17) is 10.7 Å². The first-order valence-corrected chi connectivity index (χ1v) is 7.27. The van der Waals surface area contributed by atoms with Gasteiger partial charge in [-0.05, 0) is 29.5 Å². The molecular weight excluding hydrogens is 397 g/mol. The zero-order valence-corrected chi connectivity index (χ0v) is 11.8. The summed E-state index contributed by atoms with van der Waals surface area (Å²) in [6.45, 7) is 1.12. The second kappa shape index (κ2) is 4.76. The first-order chi connectivity index (χ1) is 7.50. The van der Waals surface area contributed by atoms with Crippen LogP contribution in [0.1, 0.15) is 5.56 Å². The minimum absolute atomic E-state index is 0.0201. The molecular formula is C7H4ClF3INO3S. The molecule has 0 aromatic carbocycles. The molecule has 0 atom stereocenters. The second-order valence-electron chi connectivity index (χ2n) is 2.86. The summed E-state index contributed by atoms with van der Waals surface area (Å²) in [6, 6.07) is 0.967. The summed E-state index contributed by atoms with van der Waals surface area (Å²) in [5.74, 6) is -0.642. The summed E-state index contributed by atoms with van der Waals surface area (Å²) >= 11 is 1.56. The number of nitrogens with zero attached hydrogens (tertiary/aromatic N) is 1. The first kappa shape index (κ1) is 14.8. The van der Waals surface area contributed by atoms with Crippen molar-refractivity contribution in [2.24, 2.45) is 0 Å². The van der Waals surface area contributed by atoms with Crippen LogP contribution in [0.2, 0.25) is 0 Å². The van der Waals surface area contributed by atoms with E-state index in [1.54, 1.807) is 22.6 Å². The monoisotopic (exact) mass is 401 g/mol. The summed E-state index contributed by atoms with van der Waals surface area (Å²) in [6.07, 6.45) is -4.91. The first-order valence-electron chi connectivity index (χ1n) is 3.88. The van der Waals surface area contributed by atoms with E-state index in [0.29, 0.717) is 0 Å². The van der Waals surface area contributed by atoms with Gasteiger partial charge in [0.15, 0.2) is 5.03 Å². The van der Waals surface area contributed by atoms with Crippen molar-refractivity contribution >= 4 is 42.3 Å². The van der Waals surface area contributed by atoms with Gasteiger partial charge in [-0.2, -0.15) is 0 Å². The number of pyridine rings is 1. The Hall–Kier alpha value is -0.290. The van der Waals surface area contributed by atoms with E-state index >= 15 is 0 Å². The maximum atomic E-state index is 12.1. The van der Waals surface area contributed by atoms with E-state index in [-0.39, 0.29) is 9.26 Å². The minimum Gasteiger partial charge on any atom is -0.405 e. The van der Waals surface area contributed by atoms with E-state index < -0.39 is 26.2 Å². The molecule has 1 aromatic heterocycles. The van der Waals surface area contributed by atoms with E-state index in [9.17, 15) is 21.6 Å². The normalized spacial score (nSPS) is 12.6. The van der Waals surface area contributed by atoms with Crippen molar-refractivity contribution in [1.29, 1.82) is 0 Å². The average Bonchev–Trinajstić information content (AvgIpc) is 2.06. The maximum absolute atomic E-state index is 12.1. The molecule has 96 valence electrons. The molecule has 0 fully saturated rings. The Morgan fingerprint density at radius 2 is 2.00 bits per heavy atom. The number of alkyl halides is 3. The average molecular weight is 402 g/mol. The predicted octanol–water partition coefficient (Wildman–Crippen LogP) is 2.82. The van der Waals surface area contributed by atoms with Gasteiger partial charge in [0.1, 0.15) is 9.45 Å². The van der Waals surface area contributed by atoms with Gasteiger partial charge in [-0.3, -0.25) is 0 Å². The fraction of sp³-hybridized carbons (Fsp3) is 0.286. The van der Waals surface area contributed by atoms with Gasteiger partial charge in [-0.25, -0.2) is 13.4 Å². The Morgan fingerprint density at radius 3 is 2.41 bits per heavy atom. The highest BCUT2D eigenvalue weighted by Gasteiger charge is 2.33. The molecule has 1 aromatic rings. The number of ether oxygens (including phenoxy) is 1. The molecule has 0 bridgehead atoms. The van der Waals surface area contributed by atoms with Crippen molar-refractivity contribution in [2.75, 3.05) is 0 Å². The third-order valence-electron chi connectivity index (χ3n) is 1.61. The Morgan fingerprint density at radius 1 is 1.47 bits per heavy atom. The Labute approximate surface area is 113 Å². The van der Waals surface area contributed by atoms with Crippen molar-refractivity contribution in [3.05, 3.63) is 15.3 Å². The highest BCUT2D eigenvalue weighted by Crippen LogP contribution is 2.31. The lowest BCUT2D eigenvalue weighted by molar-refractivity contribution is -0.275. The lowest BCUT2D eigenvalue weighted by Gasteiger charge is -2.12. The van der Waals surface area contributed by atoms with Crippen LogP contribution in [0.4, 0.5) is 13.2 Å². The quantitative estimate of drug-likeness (QED) is 0.434. The molecule has 0 spiro atoms. The molecule has 0 amide bonds. The number of rotatable bonds is 2. The Balaban J connectivity index is 3.40. The van der Waals surface area contributed by atoms with Crippen LogP contribution < -0.4 is 4.74 Å². The summed E-state index contributed by atoms with van der Waals surface area (Å²) in [5, 5.41) is -0.648. The van der Waals surface area contributed by atoms with Crippen LogP contribution in [-0.4, -0.2) is 19.8 Å². The van der Waals surface area contributed by atoms with E-state index in [0.717, 1.165) is 13.0 Å². The highest BCUT2D eigenvalue weighted by atomic mass is 127. The van der Waals surface area contributed by atoms with Crippen LogP contribution >= 0.6 is 33.3 Å². The minimum atomic E-state index is -4.91. The number of halogens is 5. The van der Waals surface area contributed by atoms with Crippen LogP contribution in [0.3, 0.4) is 0 Å². The molecule has 0 aliphatic carbocycles. The fourth-order valence-corrected chi connectivity index (χ4v) is 2.82. The number of hydrogen-bond donors (Lipinski definition) is 0. The summed E-state index contributed by atoms with van der Waals surface area (Å²) in [5.41, 5.74) is -0.294. The van der Waals surface area contributed by atoms with Crippen LogP contribution in [0.25, 0.3) is 0 Å². The summed E-state index contributed by atoms with van der Waals surface area (Å²) in [4.78, 5) is 3.55. The van der Waals surface area contributed by atoms with Crippen LogP contribution in [-0.2, 0) is 9.05 Å². The number of hydrogen-bond acceptors (Lipinski definition) is 4. The van der Waals surface area contributed by atoms with Gasteiger partial charge in [0.05, 0.1) is 0 Å². The molecule has 0 unspecified atom stereocenters. The summed E-state index contributed by atoms with van der Waals surface area (Å²) in [7, 11) is 0.823. The van der Waals surface area contributed by atoms with Crippen molar-refractivity contribution in [3.8, 4) is 5.75 Å². The van der Waals surface area contributed by atoms with Gasteiger partial charge >= 0.3 is 6.36 Å². The lowest BCUT2D eigenvalue weighted by atomic mass is 10.3. The van der Waals surface area contributed by atoms with Crippen LogP contribution in [0.15, 0.2) is 11.1 Å². The molecule has 0 aliphatic heterocycles. The molecule has 1 heterocycles. The van der Waals surface area contributed by atoms with E-state index in [1.165, 1.54) is 0 Å². The van der Waals surface area contributed by atoms with Crippen molar-refractivity contribution in [1.82, 2.24) is 4.98 Å². The lowest BCUT2D eigenvalue weighted by Crippen LogP contribution is -2.18. The smallest absolute Gasteiger partial charge is 0.405 e. The molecule has 1 rings (SSSR count). The number of aromatic nitrogens is 1. The second-order valence-corrected chi connectivity index (χ2v) is 6.45. The topological polar surface area (TPSA) is 56.3 Å². The summed E-state index contributed by atoms with van der Waals surface area (Å²) < 4.78 is 62.0. The van der Waals surface area contributed by atoms with Crippen molar-refractivity contribution < 1.29 is 26.3 Å². The standard InChI is InChI=1S/C7H4ClF3INO3S/c1-3-4(16-7(9,10)11)2-5(12)13-6(3)17(8,14)15/h2H,1H3. The maximum Gasteiger partial charge on any atom is 0.573 e. The third kappa shape index (κ3) is 4.14. The molecule has 0 aliphatic rings. The predicted molar refractivity (Wildman–Crippen MR) is 61.4 cm³/mol. The van der Waals surface area contributed by atoms with Crippen LogP contribution in [0, 0.1) is 10.6 Å². The third-order valence-corrected chi connectivity index (χ3v) is 3.46. The van der Waals surface area contributed by atoms with E-state index in [1.807, 2.05) is 0 Å². The molecule has 0 saturated carbocycles. The van der Waals surface area contributed by atoms with Gasteiger partial charge in [0, 0.05) is 22.3 Å². The highest BCUT2D eigenvalue weighted by molar-refractivity contribution is 14.1. The van der Waals surface area contributed by atoms with E-state index in [2.05, 4.69) is 9.72 Å². The van der Waals surface area contributed by atoms with Gasteiger partial charge in [0.2, 0.25) is 0 Å². The van der Waals surface area contributed by atoms with Crippen LogP contribution in [0.5, 0.6) is 5.75 Å². The fourth-order valence-electron chi connectivity index (χ4n) is 1.00. The van der Waals surface area contributed by atoms with Crippen molar-refractivity contribution in [2.45, 2.75) is 18.3 Å². The molecule has 0 radical (unpaired) electrons. The molecule has 17 heavy (non-hydrogen) atoms. The Bertz CT molecular complexity index is 546.